The first-order chi connectivity index (χ1) is 9.92. The van der Waals surface area contributed by atoms with Crippen LogP contribution in [0, 0.1) is 0 Å². The summed E-state index contributed by atoms with van der Waals surface area (Å²) in [5, 5.41) is 18.7. The zero-order valence-electron chi connectivity index (χ0n) is 11.3. The quantitative estimate of drug-likeness (QED) is 0.561. The summed E-state index contributed by atoms with van der Waals surface area (Å²) in [6, 6.07) is 0. The Labute approximate surface area is 118 Å². The second kappa shape index (κ2) is 6.20. The number of hydrogen-bond donors (Lipinski definition) is 3. The summed E-state index contributed by atoms with van der Waals surface area (Å²) in [5.41, 5.74) is -1.28. The molecule has 0 aliphatic carbocycles. The number of nitrogens with one attached hydrogen (secondary N) is 1. The number of ether oxygens (including phenoxy) is 2. The fraction of sp³-hybridized carbons (Fsp3) is 0.583. The number of aromatic nitrogens is 2. The van der Waals surface area contributed by atoms with Gasteiger partial charge in [0.1, 0.15) is 18.9 Å². The smallest absolute Gasteiger partial charge is 0.330 e. The van der Waals surface area contributed by atoms with Crippen molar-refractivity contribution < 1.29 is 24.5 Å². The van der Waals surface area contributed by atoms with E-state index in [0.29, 0.717) is 0 Å². The summed E-state index contributed by atoms with van der Waals surface area (Å²) < 4.78 is 11.2. The Balaban J connectivity index is 2.28. The van der Waals surface area contributed by atoms with Gasteiger partial charge in [0, 0.05) is 19.5 Å². The lowest BCUT2D eigenvalue weighted by Gasteiger charge is -2.15. The van der Waals surface area contributed by atoms with E-state index in [1.807, 2.05) is 0 Å². The molecule has 1 fully saturated rings. The Hall–Kier alpha value is -1.97. The molecule has 2 heterocycles. The van der Waals surface area contributed by atoms with Gasteiger partial charge in [0.15, 0.2) is 0 Å². The molecular weight excluding hydrogens is 284 g/mol. The van der Waals surface area contributed by atoms with Crippen molar-refractivity contribution in [3.63, 3.8) is 0 Å². The molecule has 0 amide bonds. The van der Waals surface area contributed by atoms with Crippen LogP contribution in [0.1, 0.15) is 25.1 Å². The highest BCUT2D eigenvalue weighted by molar-refractivity contribution is 5.65. The third kappa shape index (κ3) is 3.38. The van der Waals surface area contributed by atoms with Gasteiger partial charge in [-0.1, -0.05) is 0 Å². The van der Waals surface area contributed by atoms with Crippen LogP contribution in [-0.2, 0) is 20.9 Å². The first-order valence-corrected chi connectivity index (χ1v) is 6.34. The third-order valence-corrected chi connectivity index (χ3v) is 3.17. The second-order valence-electron chi connectivity index (χ2n) is 4.72. The molecule has 0 radical (unpaired) electrons. The highest BCUT2D eigenvalue weighted by Crippen LogP contribution is 2.27. The third-order valence-electron chi connectivity index (χ3n) is 3.17. The Morgan fingerprint density at radius 2 is 2.29 bits per heavy atom. The van der Waals surface area contributed by atoms with Crippen LogP contribution in [0.2, 0.25) is 0 Å². The van der Waals surface area contributed by atoms with Crippen LogP contribution in [0.15, 0.2) is 15.8 Å². The summed E-state index contributed by atoms with van der Waals surface area (Å²) in [4.78, 5) is 36.3. The molecule has 1 unspecified atom stereocenters. The van der Waals surface area contributed by atoms with Crippen molar-refractivity contribution in [2.75, 3.05) is 6.61 Å². The molecule has 0 saturated carbocycles. The number of carbonyl (C=O) groups excluding carboxylic acids is 1. The van der Waals surface area contributed by atoms with Crippen LogP contribution in [0.5, 0.6) is 0 Å². The van der Waals surface area contributed by atoms with Crippen molar-refractivity contribution in [2.24, 2.45) is 0 Å². The highest BCUT2D eigenvalue weighted by Gasteiger charge is 2.35. The predicted molar refractivity (Wildman–Crippen MR) is 68.4 cm³/mol. The minimum atomic E-state index is -0.907. The number of rotatable bonds is 4. The maximum absolute atomic E-state index is 11.8. The summed E-state index contributed by atoms with van der Waals surface area (Å²) in [5.74, 6) is -0.556. The van der Waals surface area contributed by atoms with Crippen LogP contribution >= 0.6 is 0 Å². The van der Waals surface area contributed by atoms with Gasteiger partial charge in [-0.2, -0.15) is 0 Å². The van der Waals surface area contributed by atoms with Gasteiger partial charge < -0.3 is 19.7 Å². The van der Waals surface area contributed by atoms with Crippen LogP contribution < -0.4 is 11.2 Å². The van der Waals surface area contributed by atoms with Gasteiger partial charge >= 0.3 is 11.7 Å². The highest BCUT2D eigenvalue weighted by atomic mass is 16.5. The van der Waals surface area contributed by atoms with E-state index in [-0.39, 0.29) is 25.2 Å². The van der Waals surface area contributed by atoms with Gasteiger partial charge in [-0.05, 0) is 0 Å². The maximum Gasteiger partial charge on any atom is 0.330 e. The number of carbonyl (C=O) groups is 1. The zero-order chi connectivity index (χ0) is 15.6. The Morgan fingerprint density at radius 1 is 1.57 bits per heavy atom. The molecular formula is C12H16N2O7. The largest absolute Gasteiger partial charge is 0.461 e. The summed E-state index contributed by atoms with van der Waals surface area (Å²) in [7, 11) is 0. The molecule has 9 nitrogen and oxygen atoms in total. The number of hydrogen-bond acceptors (Lipinski definition) is 7. The molecule has 2 rings (SSSR count). The number of aliphatic hydroxyl groups excluding tert-OH is 2. The standard InChI is InChI=1S/C12H16N2O7/c1-6(16)20-5-7-3-14(12(19)13-11(7)18)10-2-8(17)9(4-15)21-10/h3,8-10,15,17H,2,4-5H2,1H3,(H,13,18,19)/t8?,9-,10-/m1/s1. The van der Waals surface area contributed by atoms with Gasteiger partial charge in [-0.25, -0.2) is 4.79 Å². The SMILES string of the molecule is CC(=O)OCc1cn([C@H]2CC(O)[C@@H](CO)O2)c(=O)[nH]c1=O. The van der Waals surface area contributed by atoms with Crippen molar-refractivity contribution in [2.45, 2.75) is 38.4 Å². The minimum absolute atomic E-state index is 0.0790. The van der Waals surface area contributed by atoms with E-state index in [0.717, 1.165) is 4.57 Å². The van der Waals surface area contributed by atoms with Crippen molar-refractivity contribution >= 4 is 5.97 Å². The van der Waals surface area contributed by atoms with Crippen LogP contribution in [0.3, 0.4) is 0 Å². The number of H-pyrrole nitrogens is 1. The number of nitrogens with zero attached hydrogens (tertiary/aromatic N) is 1. The van der Waals surface area contributed by atoms with Crippen molar-refractivity contribution in [3.8, 4) is 0 Å². The van der Waals surface area contributed by atoms with E-state index in [4.69, 9.17) is 14.6 Å². The zero-order valence-corrected chi connectivity index (χ0v) is 11.3. The maximum atomic E-state index is 11.8. The van der Waals surface area contributed by atoms with Gasteiger partial charge in [0.25, 0.3) is 5.56 Å². The number of esters is 1. The minimum Gasteiger partial charge on any atom is -0.461 e. The molecule has 1 aromatic rings. The van der Waals surface area contributed by atoms with E-state index in [9.17, 15) is 19.5 Å². The molecule has 3 atom stereocenters. The molecule has 116 valence electrons. The van der Waals surface area contributed by atoms with E-state index in [2.05, 4.69) is 4.98 Å². The number of aromatic amines is 1. The molecule has 3 N–H and O–H groups in total. The topological polar surface area (TPSA) is 131 Å². The monoisotopic (exact) mass is 300 g/mol. The predicted octanol–water partition coefficient (Wildman–Crippen LogP) is -1.76. The lowest BCUT2D eigenvalue weighted by Crippen LogP contribution is -2.34. The second-order valence-corrected chi connectivity index (χ2v) is 4.72. The number of aliphatic hydroxyl groups is 2. The molecule has 0 aromatic carbocycles. The lowest BCUT2D eigenvalue weighted by molar-refractivity contribution is -0.142. The normalized spacial score (nSPS) is 25.0. The molecule has 1 aliphatic rings. The van der Waals surface area contributed by atoms with Crippen LogP contribution in [0.25, 0.3) is 0 Å². The van der Waals surface area contributed by atoms with Gasteiger partial charge in [0.05, 0.1) is 18.3 Å². The van der Waals surface area contributed by atoms with E-state index in [1.54, 1.807) is 0 Å². The molecule has 0 spiro atoms. The average molecular weight is 300 g/mol. The van der Waals surface area contributed by atoms with Gasteiger partial charge in [-0.15, -0.1) is 0 Å². The molecule has 1 aromatic heterocycles. The molecule has 1 aliphatic heterocycles. The van der Waals surface area contributed by atoms with Gasteiger partial charge in [0.2, 0.25) is 0 Å². The van der Waals surface area contributed by atoms with E-state index < -0.39 is 35.7 Å². The van der Waals surface area contributed by atoms with E-state index in [1.165, 1.54) is 13.1 Å². The van der Waals surface area contributed by atoms with Gasteiger partial charge in [-0.3, -0.25) is 19.1 Å². The fourth-order valence-electron chi connectivity index (χ4n) is 2.07. The van der Waals surface area contributed by atoms with Crippen molar-refractivity contribution in [3.05, 3.63) is 32.6 Å². The Kier molecular flexibility index (Phi) is 4.56. The molecule has 0 bridgehead atoms. The molecule has 21 heavy (non-hydrogen) atoms. The summed E-state index contributed by atoms with van der Waals surface area (Å²) >= 11 is 0. The Bertz CT molecular complexity index is 635. The fourth-order valence-corrected chi connectivity index (χ4v) is 2.07. The van der Waals surface area contributed by atoms with Crippen molar-refractivity contribution in [1.29, 1.82) is 0 Å². The van der Waals surface area contributed by atoms with E-state index >= 15 is 0 Å². The first-order valence-electron chi connectivity index (χ1n) is 6.34. The van der Waals surface area contributed by atoms with Crippen LogP contribution in [-0.4, -0.2) is 44.5 Å². The summed E-state index contributed by atoms with van der Waals surface area (Å²) in [6.45, 7) is 0.548. The van der Waals surface area contributed by atoms with Crippen LogP contribution in [0.4, 0.5) is 0 Å². The molecule has 9 heteroatoms. The average Bonchev–Trinajstić information content (AvgIpc) is 2.78. The Morgan fingerprint density at radius 3 is 2.86 bits per heavy atom. The lowest BCUT2D eigenvalue weighted by atomic mass is 10.2. The summed E-state index contributed by atoms with van der Waals surface area (Å²) in [6.07, 6.45) is -1.18. The molecule has 1 saturated heterocycles. The van der Waals surface area contributed by atoms with Crippen molar-refractivity contribution in [1.82, 2.24) is 9.55 Å². The first kappa shape index (κ1) is 15.4.